The minimum Gasteiger partial charge on any atom is -0.391 e. The number of halogens is 2. The van der Waals surface area contributed by atoms with Gasteiger partial charge in [0.2, 0.25) is 0 Å². The fourth-order valence-electron chi connectivity index (χ4n) is 4.19. The maximum atomic E-state index is 6.63. The maximum absolute atomic E-state index is 6.63. The third-order valence-electron chi connectivity index (χ3n) is 5.72. The van der Waals surface area contributed by atoms with Crippen molar-refractivity contribution in [2.75, 3.05) is 0 Å². The molecule has 3 aromatic carbocycles. The Kier molecular flexibility index (Phi) is 6.02. The van der Waals surface area contributed by atoms with E-state index in [0.717, 1.165) is 58.1 Å². The number of rotatable bonds is 5. The number of fused-ring (bicyclic) bond motifs is 1. The first kappa shape index (κ1) is 20.9. The first-order chi connectivity index (χ1) is 15.7. The molecule has 0 radical (unpaired) electrons. The van der Waals surface area contributed by atoms with Crippen LogP contribution >= 0.6 is 23.2 Å². The second kappa shape index (κ2) is 9.23. The van der Waals surface area contributed by atoms with Gasteiger partial charge in [0.25, 0.3) is 0 Å². The molecule has 4 aromatic rings. The van der Waals surface area contributed by atoms with E-state index in [1.165, 1.54) is 5.69 Å². The van der Waals surface area contributed by atoms with E-state index in [-0.39, 0.29) is 0 Å². The molecule has 3 nitrogen and oxygen atoms in total. The molecule has 5 heteroatoms. The molecule has 0 aliphatic heterocycles. The first-order valence-electron chi connectivity index (χ1n) is 10.7. The van der Waals surface area contributed by atoms with Crippen LogP contribution in [0.5, 0.6) is 0 Å². The summed E-state index contributed by atoms with van der Waals surface area (Å²) < 4.78 is 2.28. The number of nitrogens with zero attached hydrogens (tertiary/aromatic N) is 2. The van der Waals surface area contributed by atoms with Gasteiger partial charge in [-0.25, -0.2) is 0 Å². The molecular formula is C27H22Cl2N2O. The zero-order chi connectivity index (χ0) is 21.9. The number of hydrogen-bond acceptors (Lipinski definition) is 2. The average Bonchev–Trinajstić information content (AvgIpc) is 3.22. The van der Waals surface area contributed by atoms with Crippen LogP contribution in [0.3, 0.4) is 0 Å². The predicted molar refractivity (Wildman–Crippen MR) is 132 cm³/mol. The summed E-state index contributed by atoms with van der Waals surface area (Å²) in [5, 5.41) is 5.99. The smallest absolute Gasteiger partial charge is 0.142 e. The fourth-order valence-corrected chi connectivity index (χ4v) is 4.54. The van der Waals surface area contributed by atoms with E-state index in [2.05, 4.69) is 46.1 Å². The Morgan fingerprint density at radius 3 is 2.38 bits per heavy atom. The van der Waals surface area contributed by atoms with Gasteiger partial charge in [0.05, 0.1) is 22.1 Å². The maximum Gasteiger partial charge on any atom is 0.142 e. The third kappa shape index (κ3) is 4.19. The van der Waals surface area contributed by atoms with E-state index >= 15 is 0 Å². The molecule has 0 bridgehead atoms. The Morgan fingerprint density at radius 1 is 0.844 bits per heavy atom. The van der Waals surface area contributed by atoms with Crippen LogP contribution in [-0.2, 0) is 17.9 Å². The number of hydrogen-bond donors (Lipinski definition) is 0. The molecule has 0 fully saturated rings. The van der Waals surface area contributed by atoms with Crippen molar-refractivity contribution in [3.05, 3.63) is 112 Å². The van der Waals surface area contributed by atoms with Crippen LogP contribution in [0.4, 0.5) is 0 Å². The summed E-state index contributed by atoms with van der Waals surface area (Å²) in [5.74, 6) is 0. The molecule has 5 rings (SSSR count). The summed E-state index contributed by atoms with van der Waals surface area (Å²) in [6, 6.07) is 28.2. The Morgan fingerprint density at radius 2 is 1.59 bits per heavy atom. The standard InChI is InChI=1S/C27H22Cl2N2O/c28-21-15-13-19(14-16-21)18-32-30-24-10-6-12-25-22(24)17-27(20-7-2-1-3-8-20)31(25)26-11-5-4-9-23(26)29/h1-5,7-9,11,13-17H,6,10,12,18H2/b30-24-. The Hall–Kier alpha value is -3.01. The molecule has 1 aliphatic rings. The van der Waals surface area contributed by atoms with Crippen molar-refractivity contribution in [2.45, 2.75) is 25.9 Å². The van der Waals surface area contributed by atoms with Crippen molar-refractivity contribution in [3.8, 4) is 16.9 Å². The molecule has 1 aromatic heterocycles. The van der Waals surface area contributed by atoms with Crippen LogP contribution in [-0.4, -0.2) is 10.3 Å². The van der Waals surface area contributed by atoms with Crippen LogP contribution in [0.15, 0.2) is 90.1 Å². The van der Waals surface area contributed by atoms with Gasteiger partial charge in [0.1, 0.15) is 6.61 Å². The van der Waals surface area contributed by atoms with Gasteiger partial charge in [-0.3, -0.25) is 0 Å². The zero-order valence-electron chi connectivity index (χ0n) is 17.5. The van der Waals surface area contributed by atoms with Gasteiger partial charge >= 0.3 is 0 Å². The van der Waals surface area contributed by atoms with E-state index in [1.54, 1.807) is 0 Å². The van der Waals surface area contributed by atoms with Crippen LogP contribution in [0.1, 0.15) is 29.7 Å². The molecule has 0 amide bonds. The van der Waals surface area contributed by atoms with Crippen LogP contribution in [0.25, 0.3) is 16.9 Å². The molecule has 1 heterocycles. The highest BCUT2D eigenvalue weighted by atomic mass is 35.5. The van der Waals surface area contributed by atoms with E-state index in [0.29, 0.717) is 11.6 Å². The lowest BCUT2D eigenvalue weighted by Gasteiger charge is -2.19. The second-order valence-electron chi connectivity index (χ2n) is 7.83. The van der Waals surface area contributed by atoms with E-state index < -0.39 is 0 Å². The second-order valence-corrected chi connectivity index (χ2v) is 8.68. The summed E-state index contributed by atoms with van der Waals surface area (Å²) in [6.45, 7) is 0.409. The van der Waals surface area contributed by atoms with Crippen molar-refractivity contribution >= 4 is 28.9 Å². The van der Waals surface area contributed by atoms with Gasteiger partial charge in [0.15, 0.2) is 0 Å². The lowest BCUT2D eigenvalue weighted by atomic mass is 9.95. The number of aromatic nitrogens is 1. The van der Waals surface area contributed by atoms with Crippen molar-refractivity contribution in [3.63, 3.8) is 0 Å². The largest absolute Gasteiger partial charge is 0.391 e. The molecule has 32 heavy (non-hydrogen) atoms. The highest BCUT2D eigenvalue weighted by Gasteiger charge is 2.25. The van der Waals surface area contributed by atoms with E-state index in [1.807, 2.05) is 48.5 Å². The van der Waals surface area contributed by atoms with Crippen LogP contribution in [0, 0.1) is 0 Å². The quantitative estimate of drug-likeness (QED) is 0.280. The van der Waals surface area contributed by atoms with Crippen molar-refractivity contribution in [1.29, 1.82) is 0 Å². The van der Waals surface area contributed by atoms with Gasteiger partial charge < -0.3 is 9.40 Å². The molecular weight excluding hydrogens is 439 g/mol. The summed E-state index contributed by atoms with van der Waals surface area (Å²) in [5.41, 5.74) is 7.59. The molecule has 0 N–H and O–H groups in total. The lowest BCUT2D eigenvalue weighted by molar-refractivity contribution is 0.130. The van der Waals surface area contributed by atoms with Crippen LogP contribution in [0.2, 0.25) is 10.0 Å². The number of benzene rings is 3. The monoisotopic (exact) mass is 460 g/mol. The zero-order valence-corrected chi connectivity index (χ0v) is 19.0. The molecule has 0 atom stereocenters. The van der Waals surface area contributed by atoms with Crippen molar-refractivity contribution in [2.24, 2.45) is 5.16 Å². The van der Waals surface area contributed by atoms with Crippen molar-refractivity contribution < 1.29 is 4.84 Å². The van der Waals surface area contributed by atoms with E-state index in [4.69, 9.17) is 28.0 Å². The van der Waals surface area contributed by atoms with Gasteiger partial charge in [-0.15, -0.1) is 0 Å². The van der Waals surface area contributed by atoms with Gasteiger partial charge in [-0.05, 0) is 60.7 Å². The first-order valence-corrected chi connectivity index (χ1v) is 11.4. The summed E-state index contributed by atoms with van der Waals surface area (Å²) >= 11 is 12.6. The summed E-state index contributed by atoms with van der Waals surface area (Å²) in [6.07, 6.45) is 2.86. The molecule has 0 saturated carbocycles. The topological polar surface area (TPSA) is 26.5 Å². The molecule has 1 aliphatic carbocycles. The van der Waals surface area contributed by atoms with Crippen molar-refractivity contribution in [1.82, 2.24) is 4.57 Å². The molecule has 0 saturated heterocycles. The SMILES string of the molecule is Clc1ccc(CO/N=C2/CCCc3c2cc(-c2ccccc2)n3-c2ccccc2Cl)cc1. The minimum atomic E-state index is 0.409. The van der Waals surface area contributed by atoms with E-state index in [9.17, 15) is 0 Å². The normalized spacial score (nSPS) is 14.4. The number of para-hydroxylation sites is 1. The fraction of sp³-hybridized carbons (Fsp3) is 0.148. The highest BCUT2D eigenvalue weighted by molar-refractivity contribution is 6.32. The number of oxime groups is 1. The molecule has 0 unspecified atom stereocenters. The van der Waals surface area contributed by atoms with Crippen LogP contribution < -0.4 is 0 Å². The molecule has 160 valence electrons. The highest BCUT2D eigenvalue weighted by Crippen LogP contribution is 2.36. The van der Waals surface area contributed by atoms with Gasteiger partial charge in [-0.2, -0.15) is 0 Å². The third-order valence-corrected chi connectivity index (χ3v) is 6.29. The Bertz CT molecular complexity index is 1260. The summed E-state index contributed by atoms with van der Waals surface area (Å²) in [4.78, 5) is 5.75. The minimum absolute atomic E-state index is 0.409. The average molecular weight is 461 g/mol. The lowest BCUT2D eigenvalue weighted by Crippen LogP contribution is -2.14. The molecule has 0 spiro atoms. The van der Waals surface area contributed by atoms with Gasteiger partial charge in [-0.1, -0.05) is 83.0 Å². The predicted octanol–water partition coefficient (Wildman–Crippen LogP) is 7.71. The Balaban J connectivity index is 1.55. The summed E-state index contributed by atoms with van der Waals surface area (Å²) in [7, 11) is 0. The Labute approximate surface area is 197 Å². The van der Waals surface area contributed by atoms with Gasteiger partial charge in [0, 0.05) is 16.3 Å².